The summed E-state index contributed by atoms with van der Waals surface area (Å²) in [6.45, 7) is 23.0. The Kier molecular flexibility index (Phi) is 23.1. The summed E-state index contributed by atoms with van der Waals surface area (Å²) in [6.07, 6.45) is 5.53. The molecule has 74 valence electrons. The Balaban J connectivity index is -0.000000218. The first-order valence-electron chi connectivity index (χ1n) is 4.35. The van der Waals surface area contributed by atoms with Crippen LogP contribution in [0.1, 0.15) is 20.8 Å². The summed E-state index contributed by atoms with van der Waals surface area (Å²) in [5.74, 6) is 0. The van der Waals surface area contributed by atoms with E-state index in [9.17, 15) is 0 Å². The Labute approximate surface area is 83.7 Å². The zero-order valence-electron chi connectivity index (χ0n) is 9.27. The zero-order valence-corrected chi connectivity index (χ0v) is 9.27. The highest BCUT2D eigenvalue weighted by molar-refractivity contribution is 5.41. The highest BCUT2D eigenvalue weighted by Gasteiger charge is 1.86. The monoisotopic (exact) mass is 178 g/mol. The number of hydrogen-bond acceptors (Lipinski definition) is 0. The minimum Gasteiger partial charge on any atom is -0.106 e. The van der Waals surface area contributed by atoms with E-state index in [0.29, 0.717) is 0 Å². The molecule has 0 heteroatoms. The van der Waals surface area contributed by atoms with Crippen molar-refractivity contribution in [3.05, 3.63) is 62.3 Å². The highest BCUT2D eigenvalue weighted by Crippen LogP contribution is 2.06. The van der Waals surface area contributed by atoms with Crippen LogP contribution < -0.4 is 0 Å². The molecule has 0 amide bonds. The lowest BCUT2D eigenvalue weighted by Crippen LogP contribution is -1.74. The average Bonchev–Trinajstić information content (AvgIpc) is 2.23. The van der Waals surface area contributed by atoms with E-state index in [4.69, 9.17) is 0 Å². The molecule has 0 nitrogen and oxygen atoms in total. The van der Waals surface area contributed by atoms with Crippen LogP contribution in [0.25, 0.3) is 0 Å². The van der Waals surface area contributed by atoms with Gasteiger partial charge < -0.3 is 0 Å². The largest absolute Gasteiger partial charge is 0.106 e. The second-order valence-electron chi connectivity index (χ2n) is 1.75. The third-order valence-corrected chi connectivity index (χ3v) is 1.03. The van der Waals surface area contributed by atoms with Crippen molar-refractivity contribution in [2.75, 3.05) is 0 Å². The Hall–Kier alpha value is -1.30. The Morgan fingerprint density at radius 2 is 1.38 bits per heavy atom. The summed E-state index contributed by atoms with van der Waals surface area (Å²) in [7, 11) is 0. The molecule has 0 unspecified atom stereocenters. The van der Waals surface area contributed by atoms with Gasteiger partial charge in [-0.3, -0.25) is 0 Å². The molecular formula is C13H22. The van der Waals surface area contributed by atoms with Crippen LogP contribution in [-0.2, 0) is 0 Å². The van der Waals surface area contributed by atoms with Crippen LogP contribution in [0.4, 0.5) is 0 Å². The quantitative estimate of drug-likeness (QED) is 0.434. The van der Waals surface area contributed by atoms with Crippen LogP contribution in [0, 0.1) is 0 Å². The maximum Gasteiger partial charge on any atom is -0.0266 e. The van der Waals surface area contributed by atoms with E-state index in [-0.39, 0.29) is 0 Å². The molecule has 0 aromatic carbocycles. The molecule has 0 rings (SSSR count). The summed E-state index contributed by atoms with van der Waals surface area (Å²) in [4.78, 5) is 0. The minimum absolute atomic E-state index is 0.883. The summed E-state index contributed by atoms with van der Waals surface area (Å²) in [6, 6.07) is 0. The van der Waals surface area contributed by atoms with Crippen LogP contribution in [0.2, 0.25) is 0 Å². The Morgan fingerprint density at radius 1 is 1.00 bits per heavy atom. The topological polar surface area (TPSA) is 0 Å². The van der Waals surface area contributed by atoms with Crippen molar-refractivity contribution in [3.63, 3.8) is 0 Å². The summed E-state index contributed by atoms with van der Waals surface area (Å²) in [5, 5.41) is 0. The molecule has 0 aliphatic rings. The normalized spacial score (nSPS) is 7.31. The molecule has 0 aliphatic heterocycles. The van der Waals surface area contributed by atoms with Crippen molar-refractivity contribution in [2.24, 2.45) is 0 Å². The highest BCUT2D eigenvalue weighted by atomic mass is 13.9. The van der Waals surface area contributed by atoms with Gasteiger partial charge in [0.25, 0.3) is 0 Å². The van der Waals surface area contributed by atoms with Crippen molar-refractivity contribution < 1.29 is 0 Å². The number of allylic oxidation sites excluding steroid dienone is 5. The first-order chi connectivity index (χ1) is 6.22. The van der Waals surface area contributed by atoms with Gasteiger partial charge in [-0.15, -0.1) is 13.2 Å². The Bertz CT molecular complexity index is 170. The molecule has 0 atom stereocenters. The second kappa shape index (κ2) is 17.0. The van der Waals surface area contributed by atoms with E-state index in [1.165, 1.54) is 0 Å². The molecule has 0 aliphatic carbocycles. The zero-order chi connectivity index (χ0) is 11.3. The maximum atomic E-state index is 3.76. The fourth-order valence-electron chi connectivity index (χ4n) is 0.439. The second-order valence-corrected chi connectivity index (χ2v) is 1.75. The number of rotatable bonds is 3. The molecule has 0 spiro atoms. The van der Waals surface area contributed by atoms with Gasteiger partial charge in [-0.1, -0.05) is 51.8 Å². The lowest BCUT2D eigenvalue weighted by atomic mass is 10.1. The molecular weight excluding hydrogens is 156 g/mol. The predicted molar refractivity (Wildman–Crippen MR) is 65.9 cm³/mol. The van der Waals surface area contributed by atoms with E-state index >= 15 is 0 Å². The Morgan fingerprint density at radius 3 is 1.62 bits per heavy atom. The van der Waals surface area contributed by atoms with Crippen molar-refractivity contribution in [1.29, 1.82) is 0 Å². The van der Waals surface area contributed by atoms with Crippen LogP contribution in [0.3, 0.4) is 0 Å². The SMILES string of the molecule is C=C.C=CC(=C)C(=C)/C=C\C.CC. The van der Waals surface area contributed by atoms with Gasteiger partial charge in [0, 0.05) is 0 Å². The van der Waals surface area contributed by atoms with Gasteiger partial charge in [-0.2, -0.15) is 0 Å². The summed E-state index contributed by atoms with van der Waals surface area (Å²) < 4.78 is 0. The summed E-state index contributed by atoms with van der Waals surface area (Å²) in [5.41, 5.74) is 1.81. The number of hydrogen-bond donors (Lipinski definition) is 0. The van der Waals surface area contributed by atoms with E-state index in [1.807, 2.05) is 32.9 Å². The first-order valence-corrected chi connectivity index (χ1v) is 4.35. The van der Waals surface area contributed by atoms with Crippen LogP contribution in [-0.4, -0.2) is 0 Å². The van der Waals surface area contributed by atoms with Crippen LogP contribution in [0.15, 0.2) is 62.3 Å². The summed E-state index contributed by atoms with van der Waals surface area (Å²) >= 11 is 0. The van der Waals surface area contributed by atoms with Gasteiger partial charge in [0.15, 0.2) is 0 Å². The van der Waals surface area contributed by atoms with Crippen molar-refractivity contribution in [3.8, 4) is 0 Å². The standard InChI is InChI=1S/C9H12.C2H6.C2H4/c1-5-7-9(4)8(3)6-2;2*1-2/h5-7H,2-4H2,1H3;1-2H3;1-2H2/b7-5-;;. The van der Waals surface area contributed by atoms with Crippen molar-refractivity contribution in [1.82, 2.24) is 0 Å². The molecule has 0 bridgehead atoms. The van der Waals surface area contributed by atoms with Gasteiger partial charge >= 0.3 is 0 Å². The molecule has 0 fully saturated rings. The van der Waals surface area contributed by atoms with Gasteiger partial charge in [0.1, 0.15) is 0 Å². The van der Waals surface area contributed by atoms with Crippen LogP contribution in [0.5, 0.6) is 0 Å². The van der Waals surface area contributed by atoms with Crippen molar-refractivity contribution >= 4 is 0 Å². The lowest BCUT2D eigenvalue weighted by Gasteiger charge is -1.94. The molecule has 0 N–H and O–H groups in total. The molecule has 0 radical (unpaired) electrons. The van der Waals surface area contributed by atoms with Gasteiger partial charge in [-0.05, 0) is 18.1 Å². The van der Waals surface area contributed by atoms with Gasteiger partial charge in [0.05, 0.1) is 0 Å². The average molecular weight is 178 g/mol. The minimum atomic E-state index is 0.883. The third kappa shape index (κ3) is 13.7. The lowest BCUT2D eigenvalue weighted by molar-refractivity contribution is 1.50. The van der Waals surface area contributed by atoms with E-state index in [0.717, 1.165) is 11.1 Å². The van der Waals surface area contributed by atoms with E-state index < -0.39 is 0 Å². The predicted octanol–water partition coefficient (Wildman–Crippen LogP) is 4.69. The van der Waals surface area contributed by atoms with E-state index in [1.54, 1.807) is 6.08 Å². The van der Waals surface area contributed by atoms with Gasteiger partial charge in [0.2, 0.25) is 0 Å². The maximum absolute atomic E-state index is 3.76. The molecule has 0 saturated heterocycles. The molecule has 0 aromatic rings. The first kappa shape index (κ1) is 17.7. The van der Waals surface area contributed by atoms with Crippen LogP contribution >= 0.6 is 0 Å². The molecule has 13 heavy (non-hydrogen) atoms. The van der Waals surface area contributed by atoms with Crippen molar-refractivity contribution in [2.45, 2.75) is 20.8 Å². The van der Waals surface area contributed by atoms with Gasteiger partial charge in [-0.25, -0.2) is 0 Å². The third-order valence-electron chi connectivity index (χ3n) is 1.03. The fourth-order valence-corrected chi connectivity index (χ4v) is 0.439. The smallest absolute Gasteiger partial charge is 0.0266 e. The molecule has 0 heterocycles. The molecule has 0 saturated carbocycles. The fraction of sp³-hybridized carbons (Fsp3) is 0.231. The van der Waals surface area contributed by atoms with E-state index in [2.05, 4.69) is 32.9 Å². The molecule has 0 aromatic heterocycles.